The number of ether oxygens (including phenoxy) is 2. The summed E-state index contributed by atoms with van der Waals surface area (Å²) in [5, 5.41) is 0. The first kappa shape index (κ1) is 16.4. The molecule has 0 saturated carbocycles. The third-order valence-corrected chi connectivity index (χ3v) is 3.27. The summed E-state index contributed by atoms with van der Waals surface area (Å²) in [4.78, 5) is 27.8. The van der Waals surface area contributed by atoms with Crippen molar-refractivity contribution in [3.63, 3.8) is 0 Å². The molecule has 23 heavy (non-hydrogen) atoms. The lowest BCUT2D eigenvalue weighted by Gasteiger charge is -2.09. The molecular weight excluding hydrogens is 294 g/mol. The number of carbonyl (C=O) groups is 2. The van der Waals surface area contributed by atoms with Crippen molar-refractivity contribution < 1.29 is 19.1 Å². The number of methoxy groups -OCH3 is 2. The zero-order valence-electron chi connectivity index (χ0n) is 13.0. The van der Waals surface area contributed by atoms with E-state index in [-0.39, 0.29) is 5.69 Å². The Kier molecular flexibility index (Phi) is 5.63. The highest BCUT2D eigenvalue weighted by Crippen LogP contribution is 2.17. The highest BCUT2D eigenvalue weighted by Gasteiger charge is 2.20. The summed E-state index contributed by atoms with van der Waals surface area (Å²) < 4.78 is 9.50. The molecule has 2 rings (SSSR count). The third kappa shape index (κ3) is 4.03. The molecule has 0 amide bonds. The maximum atomic E-state index is 11.9. The minimum atomic E-state index is -0.584. The summed E-state index contributed by atoms with van der Waals surface area (Å²) >= 11 is 0. The van der Waals surface area contributed by atoms with E-state index in [1.807, 2.05) is 42.5 Å². The van der Waals surface area contributed by atoms with Crippen LogP contribution in [-0.2, 0) is 15.9 Å². The Balaban J connectivity index is 2.35. The first-order valence-electron chi connectivity index (χ1n) is 7.03. The average molecular weight is 311 g/mol. The summed E-state index contributed by atoms with van der Waals surface area (Å²) in [6, 6.07) is 11.3. The summed E-state index contributed by atoms with van der Waals surface area (Å²) in [6.07, 6.45) is 5.53. The van der Waals surface area contributed by atoms with E-state index in [9.17, 15) is 9.59 Å². The van der Waals surface area contributed by atoms with Gasteiger partial charge in [0.1, 0.15) is 0 Å². The van der Waals surface area contributed by atoms with Crippen LogP contribution in [0.4, 0.5) is 0 Å². The third-order valence-electron chi connectivity index (χ3n) is 3.27. The van der Waals surface area contributed by atoms with Gasteiger partial charge < -0.3 is 9.47 Å². The molecule has 1 aromatic heterocycles. The Morgan fingerprint density at radius 1 is 1.04 bits per heavy atom. The largest absolute Gasteiger partial charge is 0.465 e. The van der Waals surface area contributed by atoms with E-state index in [1.165, 1.54) is 26.5 Å². The van der Waals surface area contributed by atoms with E-state index >= 15 is 0 Å². The molecule has 2 aromatic rings. The smallest absolute Gasteiger partial charge is 0.356 e. The van der Waals surface area contributed by atoms with Crippen LogP contribution >= 0.6 is 0 Å². The molecule has 0 aliphatic carbocycles. The van der Waals surface area contributed by atoms with Crippen LogP contribution in [0.3, 0.4) is 0 Å². The molecule has 0 bridgehead atoms. The molecule has 0 fully saturated rings. The average Bonchev–Trinajstić information content (AvgIpc) is 2.61. The highest BCUT2D eigenvalue weighted by molar-refractivity contribution is 5.96. The van der Waals surface area contributed by atoms with E-state index in [0.29, 0.717) is 17.5 Å². The van der Waals surface area contributed by atoms with Gasteiger partial charge in [-0.15, -0.1) is 0 Å². The molecule has 0 aliphatic heterocycles. The molecule has 0 saturated heterocycles. The molecule has 0 atom stereocenters. The van der Waals surface area contributed by atoms with Crippen molar-refractivity contribution in [2.75, 3.05) is 14.2 Å². The van der Waals surface area contributed by atoms with Gasteiger partial charge in [0.05, 0.1) is 19.8 Å². The minimum absolute atomic E-state index is 0.119. The Morgan fingerprint density at radius 2 is 1.74 bits per heavy atom. The van der Waals surface area contributed by atoms with Crippen molar-refractivity contribution in [1.29, 1.82) is 0 Å². The fourth-order valence-corrected chi connectivity index (χ4v) is 2.15. The summed E-state index contributed by atoms with van der Waals surface area (Å²) in [5.41, 5.74) is 1.93. The van der Waals surface area contributed by atoms with E-state index in [2.05, 4.69) is 4.98 Å². The van der Waals surface area contributed by atoms with Crippen molar-refractivity contribution in [3.05, 3.63) is 71.1 Å². The van der Waals surface area contributed by atoms with Crippen molar-refractivity contribution in [2.45, 2.75) is 6.42 Å². The monoisotopic (exact) mass is 311 g/mol. The van der Waals surface area contributed by atoms with Gasteiger partial charge in [-0.25, -0.2) is 14.6 Å². The quantitative estimate of drug-likeness (QED) is 0.794. The van der Waals surface area contributed by atoms with Crippen LogP contribution in [0.25, 0.3) is 6.08 Å². The molecule has 1 heterocycles. The van der Waals surface area contributed by atoms with Crippen molar-refractivity contribution in [1.82, 2.24) is 4.98 Å². The Hall–Kier alpha value is -2.95. The zero-order valence-corrected chi connectivity index (χ0v) is 13.0. The maximum Gasteiger partial charge on any atom is 0.356 e. The minimum Gasteiger partial charge on any atom is -0.465 e. The molecule has 5 heteroatoms. The van der Waals surface area contributed by atoms with Crippen LogP contribution in [0.1, 0.15) is 32.0 Å². The molecule has 5 nitrogen and oxygen atoms in total. The Labute approximate surface area is 134 Å². The number of nitrogens with zero attached hydrogens (tertiary/aromatic N) is 1. The van der Waals surface area contributed by atoms with Gasteiger partial charge >= 0.3 is 11.9 Å². The lowest BCUT2D eigenvalue weighted by Crippen LogP contribution is -2.14. The molecule has 118 valence electrons. The van der Waals surface area contributed by atoms with E-state index in [4.69, 9.17) is 9.47 Å². The number of rotatable bonds is 5. The van der Waals surface area contributed by atoms with Gasteiger partial charge in [-0.3, -0.25) is 0 Å². The lowest BCUT2D eigenvalue weighted by molar-refractivity contribution is 0.0591. The molecule has 0 spiro atoms. The van der Waals surface area contributed by atoms with Crippen LogP contribution in [0, 0.1) is 0 Å². The van der Waals surface area contributed by atoms with Crippen molar-refractivity contribution >= 4 is 18.0 Å². The first-order valence-corrected chi connectivity index (χ1v) is 7.03. The fraction of sp³-hybridized carbons (Fsp3) is 0.167. The normalized spacial score (nSPS) is 10.5. The number of benzene rings is 1. The summed E-state index contributed by atoms with van der Waals surface area (Å²) in [5.74, 6) is -1.10. The topological polar surface area (TPSA) is 65.5 Å². The second-order valence-electron chi connectivity index (χ2n) is 4.69. The van der Waals surface area contributed by atoms with Crippen LogP contribution < -0.4 is 0 Å². The molecule has 1 aromatic carbocycles. The number of esters is 2. The van der Waals surface area contributed by atoms with Crippen LogP contribution in [0.5, 0.6) is 0 Å². The van der Waals surface area contributed by atoms with Gasteiger partial charge in [0, 0.05) is 11.8 Å². The highest BCUT2D eigenvalue weighted by atomic mass is 16.5. The van der Waals surface area contributed by atoms with Gasteiger partial charge in [-0.2, -0.15) is 0 Å². The Bertz CT molecular complexity index is 689. The predicted octanol–water partition coefficient (Wildman–Crippen LogP) is 2.91. The fourth-order valence-electron chi connectivity index (χ4n) is 2.15. The van der Waals surface area contributed by atoms with Gasteiger partial charge in [0.2, 0.25) is 0 Å². The number of aromatic nitrogens is 1. The molecule has 0 N–H and O–H groups in total. The molecule has 0 radical (unpaired) electrons. The number of pyridine rings is 1. The molecular formula is C18H17NO4. The zero-order chi connectivity index (χ0) is 16.7. The van der Waals surface area contributed by atoms with E-state index in [1.54, 1.807) is 0 Å². The second-order valence-corrected chi connectivity index (χ2v) is 4.69. The summed E-state index contributed by atoms with van der Waals surface area (Å²) in [7, 11) is 2.57. The SMILES string of the molecule is COC(=O)c1ccnc(C(=O)OC)c1C/C=C/c1ccccc1. The van der Waals surface area contributed by atoms with Gasteiger partial charge in [0.15, 0.2) is 5.69 Å². The van der Waals surface area contributed by atoms with Gasteiger partial charge in [-0.05, 0) is 18.1 Å². The second kappa shape index (κ2) is 7.89. The van der Waals surface area contributed by atoms with Crippen molar-refractivity contribution in [2.24, 2.45) is 0 Å². The van der Waals surface area contributed by atoms with Crippen LogP contribution in [0.2, 0.25) is 0 Å². The molecule has 0 unspecified atom stereocenters. The first-order chi connectivity index (χ1) is 11.2. The molecule has 0 aliphatic rings. The van der Waals surface area contributed by atoms with Crippen LogP contribution in [-0.4, -0.2) is 31.1 Å². The summed E-state index contributed by atoms with van der Waals surface area (Å²) in [6.45, 7) is 0. The number of carbonyl (C=O) groups excluding carboxylic acids is 2. The predicted molar refractivity (Wildman–Crippen MR) is 86.1 cm³/mol. The van der Waals surface area contributed by atoms with Crippen LogP contribution in [0.15, 0.2) is 48.7 Å². The number of allylic oxidation sites excluding steroid dienone is 1. The van der Waals surface area contributed by atoms with E-state index in [0.717, 1.165) is 5.56 Å². The Morgan fingerprint density at radius 3 is 2.39 bits per heavy atom. The van der Waals surface area contributed by atoms with Gasteiger partial charge in [0.25, 0.3) is 0 Å². The lowest BCUT2D eigenvalue weighted by atomic mass is 10.0. The number of hydrogen-bond acceptors (Lipinski definition) is 5. The van der Waals surface area contributed by atoms with Crippen molar-refractivity contribution in [3.8, 4) is 0 Å². The van der Waals surface area contributed by atoms with E-state index < -0.39 is 11.9 Å². The number of hydrogen-bond donors (Lipinski definition) is 0. The standard InChI is InChI=1S/C18H17NO4/c1-22-17(20)15-11-12-19-16(18(21)23-2)14(15)10-6-9-13-7-4-3-5-8-13/h3-9,11-12H,10H2,1-2H3/b9-6+. The van der Waals surface area contributed by atoms with Gasteiger partial charge in [-0.1, -0.05) is 42.5 Å². The maximum absolute atomic E-state index is 11.9.